The molecule has 1 aliphatic rings. The van der Waals surface area contributed by atoms with E-state index in [1.807, 2.05) is 18.6 Å². The largest absolute Gasteiger partial charge is 0.356 e. The van der Waals surface area contributed by atoms with Crippen molar-refractivity contribution in [2.75, 3.05) is 18.0 Å². The Morgan fingerprint density at radius 3 is 2.89 bits per heavy atom. The third-order valence-corrected chi connectivity index (χ3v) is 5.94. The molecule has 3 aromatic heterocycles. The van der Waals surface area contributed by atoms with E-state index in [-0.39, 0.29) is 0 Å². The number of nitrogens with zero attached hydrogens (tertiary/aromatic N) is 6. The second-order valence-electron chi connectivity index (χ2n) is 7.19. The maximum Gasteiger partial charge on any atom is 0.135 e. The minimum absolute atomic E-state index is 0.410. The lowest BCUT2D eigenvalue weighted by Crippen LogP contribution is -2.37. The van der Waals surface area contributed by atoms with Gasteiger partial charge in [0.2, 0.25) is 0 Å². The van der Waals surface area contributed by atoms with Crippen molar-refractivity contribution in [3.8, 4) is 0 Å². The molecule has 0 N–H and O–H groups in total. The van der Waals surface area contributed by atoms with Gasteiger partial charge in [0.25, 0.3) is 0 Å². The number of anilines is 1. The normalized spacial score (nSPS) is 17.4. The number of aromatic nitrogens is 5. The Morgan fingerprint density at radius 2 is 2.11 bits per heavy atom. The molecule has 1 atom stereocenters. The molecule has 6 nitrogen and oxygen atoms in total. The molecule has 0 unspecified atom stereocenters. The van der Waals surface area contributed by atoms with Gasteiger partial charge in [-0.1, -0.05) is 6.92 Å². The number of hydrogen-bond donors (Lipinski definition) is 0. The third-order valence-electron chi connectivity index (χ3n) is 5.31. The fraction of sp³-hybridized carbons (Fsp3) is 0.500. The molecule has 4 rings (SSSR count). The molecular weight excluding hydrogens is 356 g/mol. The lowest BCUT2D eigenvalue weighted by atomic mass is 9.96. The minimum Gasteiger partial charge on any atom is -0.356 e. The standard InChI is InChI=1S/C20H26N6S/c1-4-18-14(2)23-15(3)24-20(18)25-8-5-6-16(10-25)19-21-7-9-26(19)11-17-12-27-13-22-17/h7,9,12-13,16H,4-6,8,10-11H2,1-3H3/t16-/m0/s1. The van der Waals surface area contributed by atoms with Gasteiger partial charge in [-0.25, -0.2) is 19.9 Å². The Kier molecular flexibility index (Phi) is 5.20. The van der Waals surface area contributed by atoms with E-state index >= 15 is 0 Å². The number of imidazole rings is 1. The van der Waals surface area contributed by atoms with E-state index in [1.54, 1.807) is 11.3 Å². The van der Waals surface area contributed by atoms with Crippen LogP contribution in [-0.4, -0.2) is 37.6 Å². The zero-order valence-electron chi connectivity index (χ0n) is 16.2. The molecule has 0 aliphatic carbocycles. The smallest absolute Gasteiger partial charge is 0.135 e. The molecule has 1 aliphatic heterocycles. The van der Waals surface area contributed by atoms with Crippen molar-refractivity contribution in [2.45, 2.75) is 52.5 Å². The van der Waals surface area contributed by atoms with Crippen LogP contribution < -0.4 is 4.90 Å². The van der Waals surface area contributed by atoms with E-state index in [2.05, 4.69) is 44.9 Å². The van der Waals surface area contributed by atoms with Crippen molar-refractivity contribution in [3.63, 3.8) is 0 Å². The van der Waals surface area contributed by atoms with Crippen molar-refractivity contribution in [3.05, 3.63) is 51.9 Å². The second-order valence-corrected chi connectivity index (χ2v) is 7.91. The quantitative estimate of drug-likeness (QED) is 0.673. The molecule has 1 saturated heterocycles. The summed E-state index contributed by atoms with van der Waals surface area (Å²) < 4.78 is 2.25. The van der Waals surface area contributed by atoms with Gasteiger partial charge in [0.1, 0.15) is 17.5 Å². The van der Waals surface area contributed by atoms with E-state index in [4.69, 9.17) is 9.97 Å². The summed E-state index contributed by atoms with van der Waals surface area (Å²) in [4.78, 5) is 20.9. The van der Waals surface area contributed by atoms with Crippen LogP contribution in [0.4, 0.5) is 5.82 Å². The average Bonchev–Trinajstić information content (AvgIpc) is 3.34. The molecule has 0 radical (unpaired) electrons. The van der Waals surface area contributed by atoms with Crippen molar-refractivity contribution in [1.29, 1.82) is 0 Å². The van der Waals surface area contributed by atoms with Gasteiger partial charge in [-0.3, -0.25) is 0 Å². The molecule has 4 heterocycles. The summed E-state index contributed by atoms with van der Waals surface area (Å²) in [6, 6.07) is 0. The molecule has 0 amide bonds. The molecular formula is C20H26N6S. The zero-order valence-corrected chi connectivity index (χ0v) is 17.0. The number of rotatable bonds is 5. The summed E-state index contributed by atoms with van der Waals surface area (Å²) in [5, 5.41) is 2.11. The molecule has 0 bridgehead atoms. The molecule has 0 saturated carbocycles. The summed E-state index contributed by atoms with van der Waals surface area (Å²) in [7, 11) is 0. The minimum atomic E-state index is 0.410. The summed E-state index contributed by atoms with van der Waals surface area (Å²) in [5.74, 6) is 3.54. The Hall–Kier alpha value is -2.28. The van der Waals surface area contributed by atoms with Gasteiger partial charge in [-0.05, 0) is 33.1 Å². The van der Waals surface area contributed by atoms with Crippen LogP contribution in [0.5, 0.6) is 0 Å². The fourth-order valence-corrected chi connectivity index (χ4v) is 4.63. The molecule has 0 spiro atoms. The summed E-state index contributed by atoms with van der Waals surface area (Å²) in [5.41, 5.74) is 5.36. The molecule has 1 fully saturated rings. The van der Waals surface area contributed by atoms with Gasteiger partial charge in [-0.15, -0.1) is 11.3 Å². The van der Waals surface area contributed by atoms with E-state index in [1.165, 1.54) is 5.56 Å². The fourth-order valence-electron chi connectivity index (χ4n) is 4.08. The average molecular weight is 383 g/mol. The van der Waals surface area contributed by atoms with E-state index < -0.39 is 0 Å². The highest BCUT2D eigenvalue weighted by atomic mass is 32.1. The van der Waals surface area contributed by atoms with Crippen LogP contribution in [0.25, 0.3) is 0 Å². The van der Waals surface area contributed by atoms with Crippen molar-refractivity contribution >= 4 is 17.2 Å². The first-order chi connectivity index (χ1) is 13.2. The van der Waals surface area contributed by atoms with Crippen molar-refractivity contribution in [1.82, 2.24) is 24.5 Å². The van der Waals surface area contributed by atoms with Gasteiger partial charge in [0, 0.05) is 48.0 Å². The first kappa shape index (κ1) is 18.1. The van der Waals surface area contributed by atoms with E-state index in [0.29, 0.717) is 5.92 Å². The summed E-state index contributed by atoms with van der Waals surface area (Å²) >= 11 is 1.64. The topological polar surface area (TPSA) is 59.7 Å². The van der Waals surface area contributed by atoms with Gasteiger partial charge < -0.3 is 9.47 Å². The van der Waals surface area contributed by atoms with E-state index in [0.717, 1.165) is 67.8 Å². The van der Waals surface area contributed by atoms with Crippen molar-refractivity contribution in [2.24, 2.45) is 0 Å². The van der Waals surface area contributed by atoms with Crippen LogP contribution in [0.2, 0.25) is 0 Å². The maximum absolute atomic E-state index is 4.81. The number of hydrogen-bond acceptors (Lipinski definition) is 6. The Morgan fingerprint density at radius 1 is 1.22 bits per heavy atom. The highest BCUT2D eigenvalue weighted by molar-refractivity contribution is 7.07. The predicted molar refractivity (Wildman–Crippen MR) is 109 cm³/mol. The van der Waals surface area contributed by atoms with Crippen LogP contribution in [0.3, 0.4) is 0 Å². The van der Waals surface area contributed by atoms with Gasteiger partial charge >= 0.3 is 0 Å². The molecule has 142 valence electrons. The van der Waals surface area contributed by atoms with Gasteiger partial charge in [0.05, 0.1) is 17.7 Å². The molecule has 27 heavy (non-hydrogen) atoms. The van der Waals surface area contributed by atoms with Crippen LogP contribution in [0.15, 0.2) is 23.3 Å². The van der Waals surface area contributed by atoms with Gasteiger partial charge in [0.15, 0.2) is 0 Å². The van der Waals surface area contributed by atoms with Crippen molar-refractivity contribution < 1.29 is 0 Å². The summed E-state index contributed by atoms with van der Waals surface area (Å²) in [6.45, 7) is 9.06. The van der Waals surface area contributed by atoms with Crippen LogP contribution in [-0.2, 0) is 13.0 Å². The number of aryl methyl sites for hydroxylation is 2. The first-order valence-electron chi connectivity index (χ1n) is 9.62. The summed E-state index contributed by atoms with van der Waals surface area (Å²) in [6.07, 6.45) is 7.26. The van der Waals surface area contributed by atoms with Crippen LogP contribution in [0.1, 0.15) is 54.3 Å². The third kappa shape index (κ3) is 3.74. The Bertz CT molecular complexity index is 901. The predicted octanol–water partition coefficient (Wildman–Crippen LogP) is 3.74. The van der Waals surface area contributed by atoms with Crippen LogP contribution in [0, 0.1) is 13.8 Å². The van der Waals surface area contributed by atoms with E-state index in [9.17, 15) is 0 Å². The van der Waals surface area contributed by atoms with Gasteiger partial charge in [-0.2, -0.15) is 0 Å². The number of thiazole rings is 1. The maximum atomic E-state index is 4.81. The lowest BCUT2D eigenvalue weighted by Gasteiger charge is -2.35. The SMILES string of the molecule is CCc1c(C)nc(C)nc1N1CCC[C@H](c2nccn2Cc2cscn2)C1. The Labute approximate surface area is 164 Å². The second kappa shape index (κ2) is 7.76. The van der Waals surface area contributed by atoms with Crippen LogP contribution >= 0.6 is 11.3 Å². The molecule has 0 aromatic carbocycles. The molecule has 7 heteroatoms. The highest BCUT2D eigenvalue weighted by Crippen LogP contribution is 2.31. The number of piperidine rings is 1. The molecule has 3 aromatic rings. The monoisotopic (exact) mass is 382 g/mol. The zero-order chi connectivity index (χ0) is 18.8. The Balaban J connectivity index is 1.59. The highest BCUT2D eigenvalue weighted by Gasteiger charge is 2.27. The first-order valence-corrected chi connectivity index (χ1v) is 10.6. The lowest BCUT2D eigenvalue weighted by molar-refractivity contribution is 0.472.